The fourth-order valence-corrected chi connectivity index (χ4v) is 0.791. The van der Waals surface area contributed by atoms with Crippen LogP contribution in [0.15, 0.2) is 0 Å². The number of rotatable bonds is 2. The van der Waals surface area contributed by atoms with Gasteiger partial charge < -0.3 is 0 Å². The summed E-state index contributed by atoms with van der Waals surface area (Å²) in [6, 6.07) is 2.24. The van der Waals surface area contributed by atoms with E-state index in [1.807, 2.05) is 6.92 Å². The third-order valence-electron chi connectivity index (χ3n) is 1.48. The highest BCUT2D eigenvalue weighted by atomic mass is 15.0. The molecular weight excluding hydrogens is 100 g/mol. The largest absolute Gasteiger partial charge is 0.300 e. The summed E-state index contributed by atoms with van der Waals surface area (Å²) in [6.45, 7) is 2.94. The smallest absolute Gasteiger partial charge is 0.106 e. The summed E-state index contributed by atoms with van der Waals surface area (Å²) in [5.41, 5.74) is -0.102. The molecule has 0 unspecified atom stereocenters. The molecule has 0 spiro atoms. The lowest BCUT2D eigenvalue weighted by atomic mass is 10.3. The van der Waals surface area contributed by atoms with E-state index in [2.05, 4.69) is 11.4 Å². The van der Waals surface area contributed by atoms with Crippen LogP contribution in [0.2, 0.25) is 0 Å². The predicted octanol–water partition coefficient (Wildman–Crippen LogP) is 0.898. The maximum absolute atomic E-state index is 8.48. The van der Waals surface area contributed by atoms with E-state index in [0.29, 0.717) is 0 Å². The van der Waals surface area contributed by atoms with Crippen LogP contribution in [0.5, 0.6) is 0 Å². The molecule has 2 nitrogen and oxygen atoms in total. The Morgan fingerprint density at radius 3 is 2.62 bits per heavy atom. The lowest BCUT2D eigenvalue weighted by Crippen LogP contribution is -2.28. The molecule has 8 heavy (non-hydrogen) atoms. The first-order chi connectivity index (χ1) is 3.83. The molecule has 0 amide bonds. The number of nitrogens with zero attached hydrogens (tertiary/aromatic N) is 1. The number of hydrogen-bond donors (Lipinski definition) is 1. The van der Waals surface area contributed by atoms with Gasteiger partial charge in [-0.2, -0.15) is 5.26 Å². The zero-order valence-electron chi connectivity index (χ0n) is 5.07. The van der Waals surface area contributed by atoms with Crippen LogP contribution in [-0.4, -0.2) is 12.1 Å². The zero-order valence-corrected chi connectivity index (χ0v) is 5.07. The van der Waals surface area contributed by atoms with Crippen LogP contribution < -0.4 is 5.32 Å². The van der Waals surface area contributed by atoms with E-state index in [-0.39, 0.29) is 6.97 Å². The fourth-order valence-electron chi connectivity index (χ4n) is 0.791. The van der Waals surface area contributed by atoms with Crippen molar-refractivity contribution in [3.8, 4) is 6.07 Å². The fraction of sp³-hybridized carbons (Fsp3) is 0.833. The van der Waals surface area contributed by atoms with Crippen molar-refractivity contribution in [3.05, 3.63) is 0 Å². The van der Waals surface area contributed by atoms with Gasteiger partial charge >= 0.3 is 0 Å². The van der Waals surface area contributed by atoms with Crippen molar-refractivity contribution in [2.45, 2.75) is 25.3 Å². The minimum atomic E-state index is -0.102. The molecule has 0 aliphatic heterocycles. The molecule has 1 N–H and O–H groups in total. The van der Waals surface area contributed by atoms with Gasteiger partial charge in [0, 0.05) is 1.43 Å². The Morgan fingerprint density at radius 2 is 2.50 bits per heavy atom. The molecule has 0 bridgehead atoms. The van der Waals surface area contributed by atoms with Crippen LogP contribution in [0.3, 0.4) is 0 Å². The Bertz CT molecular complexity index is 124. The van der Waals surface area contributed by atoms with E-state index in [0.717, 1.165) is 19.4 Å². The van der Waals surface area contributed by atoms with E-state index in [4.69, 9.17) is 5.26 Å². The van der Waals surface area contributed by atoms with Crippen LogP contribution in [0, 0.1) is 11.3 Å². The van der Waals surface area contributed by atoms with Crippen LogP contribution in [0.4, 0.5) is 0 Å². The second-order valence-electron chi connectivity index (χ2n) is 2.22. The van der Waals surface area contributed by atoms with Crippen molar-refractivity contribution in [2.24, 2.45) is 0 Å². The van der Waals surface area contributed by atoms with Gasteiger partial charge in [0.25, 0.3) is 0 Å². The summed E-state index contributed by atoms with van der Waals surface area (Å²) in [5.74, 6) is 0. The first-order valence-corrected chi connectivity index (χ1v) is 2.99. The Labute approximate surface area is 51.0 Å². The molecule has 0 aromatic heterocycles. The highest BCUT2D eigenvalue weighted by molar-refractivity contribution is 5.17. The molecule has 0 aromatic rings. The van der Waals surface area contributed by atoms with Gasteiger partial charge in [0.15, 0.2) is 0 Å². The Morgan fingerprint density at radius 1 is 1.88 bits per heavy atom. The van der Waals surface area contributed by atoms with Crippen LogP contribution in [0.1, 0.15) is 21.2 Å². The van der Waals surface area contributed by atoms with Crippen LogP contribution in [0.25, 0.3) is 0 Å². The first-order valence-electron chi connectivity index (χ1n) is 2.99. The summed E-state index contributed by atoms with van der Waals surface area (Å²) < 4.78 is 0. The lowest BCUT2D eigenvalue weighted by Gasteiger charge is -2.02. The predicted molar refractivity (Wildman–Crippen MR) is 33.4 cm³/mol. The van der Waals surface area contributed by atoms with Gasteiger partial charge in [0.05, 0.1) is 6.07 Å². The van der Waals surface area contributed by atoms with Crippen molar-refractivity contribution in [2.75, 3.05) is 6.54 Å². The second kappa shape index (κ2) is 1.75. The maximum atomic E-state index is 8.48. The Balaban J connectivity index is 0.000000640. The molecule has 1 saturated carbocycles. The van der Waals surface area contributed by atoms with Crippen LogP contribution >= 0.6 is 0 Å². The lowest BCUT2D eigenvalue weighted by molar-refractivity contribution is 0.622. The third-order valence-corrected chi connectivity index (χ3v) is 1.48. The van der Waals surface area contributed by atoms with Gasteiger partial charge in [-0.15, -0.1) is 0 Å². The summed E-state index contributed by atoms with van der Waals surface area (Å²) in [5, 5.41) is 11.6. The summed E-state index contributed by atoms with van der Waals surface area (Å²) in [7, 11) is 0. The van der Waals surface area contributed by atoms with E-state index < -0.39 is 0 Å². The van der Waals surface area contributed by atoms with E-state index in [1.165, 1.54) is 0 Å². The van der Waals surface area contributed by atoms with E-state index in [1.54, 1.807) is 0 Å². The van der Waals surface area contributed by atoms with Crippen molar-refractivity contribution in [3.63, 3.8) is 0 Å². The number of nitriles is 1. The topological polar surface area (TPSA) is 35.8 Å². The molecule has 0 heterocycles. The average molecular weight is 112 g/mol. The van der Waals surface area contributed by atoms with Crippen molar-refractivity contribution in [1.82, 2.24) is 5.32 Å². The summed E-state index contributed by atoms with van der Waals surface area (Å²) in [6.07, 6.45) is 2.08. The molecule has 1 rings (SSSR count). The van der Waals surface area contributed by atoms with Gasteiger partial charge in [-0.05, 0) is 19.4 Å². The average Bonchev–Trinajstić information content (AvgIpc) is 2.50. The zero-order chi connectivity index (χ0) is 6.04. The summed E-state index contributed by atoms with van der Waals surface area (Å²) in [4.78, 5) is 0. The molecular formula is C6H12N2. The highest BCUT2D eigenvalue weighted by Crippen LogP contribution is 2.33. The standard InChI is InChI=1S/C6H10N2.H2/c1-2-8-6(5-7)3-4-6;/h8H,2-4H2,1H3;1H. The Kier molecular flexibility index (Phi) is 1.22. The molecule has 1 fully saturated rings. The van der Waals surface area contributed by atoms with Gasteiger partial charge in [0.1, 0.15) is 5.54 Å². The Hall–Kier alpha value is -0.550. The minimum absolute atomic E-state index is 0. The minimum Gasteiger partial charge on any atom is -0.300 e. The molecule has 1 aliphatic rings. The van der Waals surface area contributed by atoms with Gasteiger partial charge in [0.2, 0.25) is 0 Å². The molecule has 1 aliphatic carbocycles. The molecule has 0 aromatic carbocycles. The van der Waals surface area contributed by atoms with Crippen molar-refractivity contribution >= 4 is 0 Å². The SMILES string of the molecule is CCNC1(C#N)CC1.[HH]. The number of hydrogen-bond acceptors (Lipinski definition) is 2. The van der Waals surface area contributed by atoms with Gasteiger partial charge in [-0.3, -0.25) is 5.32 Å². The van der Waals surface area contributed by atoms with Crippen molar-refractivity contribution < 1.29 is 1.43 Å². The molecule has 0 saturated heterocycles. The third kappa shape index (κ3) is 0.823. The quantitative estimate of drug-likeness (QED) is 0.576. The monoisotopic (exact) mass is 112 g/mol. The van der Waals surface area contributed by atoms with E-state index >= 15 is 0 Å². The number of nitrogens with one attached hydrogen (secondary N) is 1. The highest BCUT2D eigenvalue weighted by Gasteiger charge is 2.41. The van der Waals surface area contributed by atoms with E-state index in [9.17, 15) is 0 Å². The van der Waals surface area contributed by atoms with Gasteiger partial charge in [-0.25, -0.2) is 0 Å². The summed E-state index contributed by atoms with van der Waals surface area (Å²) >= 11 is 0. The maximum Gasteiger partial charge on any atom is 0.106 e. The molecule has 46 valence electrons. The van der Waals surface area contributed by atoms with Crippen molar-refractivity contribution in [1.29, 1.82) is 5.26 Å². The molecule has 0 radical (unpaired) electrons. The van der Waals surface area contributed by atoms with Gasteiger partial charge in [-0.1, -0.05) is 6.92 Å². The molecule has 0 atom stereocenters. The normalized spacial score (nSPS) is 22.0. The second-order valence-corrected chi connectivity index (χ2v) is 2.22. The van der Waals surface area contributed by atoms with Crippen LogP contribution in [-0.2, 0) is 0 Å². The molecule has 2 heteroatoms. The first kappa shape index (κ1) is 5.58.